The van der Waals surface area contributed by atoms with Crippen molar-refractivity contribution < 1.29 is 22.7 Å². The maximum atomic E-state index is 13.0. The Morgan fingerprint density at radius 3 is 2.45 bits per heavy atom. The van der Waals surface area contributed by atoms with Crippen LogP contribution in [-0.2, 0) is 10.2 Å². The summed E-state index contributed by atoms with van der Waals surface area (Å²) in [7, 11) is -3.81. The van der Waals surface area contributed by atoms with E-state index in [1.807, 2.05) is 0 Å². The van der Waals surface area contributed by atoms with Gasteiger partial charge in [0.2, 0.25) is 0 Å². The highest BCUT2D eigenvalue weighted by Gasteiger charge is 2.28. The molecule has 2 rings (SSSR count). The zero-order chi connectivity index (χ0) is 14.8. The van der Waals surface area contributed by atoms with E-state index in [4.69, 9.17) is 5.11 Å². The van der Waals surface area contributed by atoms with Crippen LogP contribution in [-0.4, -0.2) is 55.0 Å². The summed E-state index contributed by atoms with van der Waals surface area (Å²) in [6.45, 7) is 0.354. The number of carbonyl (C=O) groups is 1. The molecule has 110 valence electrons. The molecule has 9 heteroatoms. The lowest BCUT2D eigenvalue weighted by Gasteiger charge is -2.32. The largest absolute Gasteiger partial charge is 0.465 e. The Hall–Kier alpha value is -1.87. The number of carboxylic acid groups (broad SMARTS) is 1. The highest BCUT2D eigenvalue weighted by molar-refractivity contribution is 7.90. The van der Waals surface area contributed by atoms with E-state index in [-0.39, 0.29) is 31.9 Å². The molecular formula is C11H14FN3O4S. The van der Waals surface area contributed by atoms with E-state index in [0.717, 1.165) is 15.3 Å². The third-order valence-electron chi connectivity index (χ3n) is 2.92. The Labute approximate surface area is 115 Å². The van der Waals surface area contributed by atoms with Gasteiger partial charge in [-0.3, -0.25) is 4.72 Å². The molecule has 1 aromatic rings. The zero-order valence-electron chi connectivity index (χ0n) is 10.5. The van der Waals surface area contributed by atoms with Gasteiger partial charge in [-0.05, 0) is 18.2 Å². The minimum absolute atomic E-state index is 0.0664. The third-order valence-corrected chi connectivity index (χ3v) is 4.46. The lowest BCUT2D eigenvalue weighted by atomic mass is 10.3. The number of rotatable bonds is 3. The van der Waals surface area contributed by atoms with Crippen LogP contribution in [0.5, 0.6) is 0 Å². The summed E-state index contributed by atoms with van der Waals surface area (Å²) in [5.74, 6) is -0.541. The Morgan fingerprint density at radius 1 is 1.25 bits per heavy atom. The number of hydrogen-bond acceptors (Lipinski definition) is 3. The van der Waals surface area contributed by atoms with Crippen LogP contribution in [0.15, 0.2) is 24.3 Å². The van der Waals surface area contributed by atoms with Crippen molar-refractivity contribution in [2.45, 2.75) is 0 Å². The van der Waals surface area contributed by atoms with E-state index in [9.17, 15) is 17.6 Å². The van der Waals surface area contributed by atoms with Crippen LogP contribution in [0, 0.1) is 5.82 Å². The minimum Gasteiger partial charge on any atom is -0.465 e. The average Bonchev–Trinajstić information content (AvgIpc) is 2.38. The first kappa shape index (κ1) is 14.5. The van der Waals surface area contributed by atoms with E-state index in [0.29, 0.717) is 0 Å². The van der Waals surface area contributed by atoms with Gasteiger partial charge in [0.05, 0.1) is 5.69 Å². The predicted octanol–water partition coefficient (Wildman–Crippen LogP) is 0.778. The molecule has 7 nitrogen and oxygen atoms in total. The predicted molar refractivity (Wildman–Crippen MR) is 70.1 cm³/mol. The van der Waals surface area contributed by atoms with E-state index in [1.54, 1.807) is 0 Å². The van der Waals surface area contributed by atoms with Crippen molar-refractivity contribution in [1.82, 2.24) is 9.21 Å². The van der Waals surface area contributed by atoms with Crippen LogP contribution in [0.25, 0.3) is 0 Å². The summed E-state index contributed by atoms with van der Waals surface area (Å²) in [5.41, 5.74) is 0.130. The molecule has 1 saturated heterocycles. The number of amides is 1. The Kier molecular flexibility index (Phi) is 4.09. The molecule has 0 saturated carbocycles. The van der Waals surface area contributed by atoms with Crippen molar-refractivity contribution in [3.05, 3.63) is 30.1 Å². The number of hydrogen-bond donors (Lipinski definition) is 2. The molecule has 1 amide bonds. The van der Waals surface area contributed by atoms with Gasteiger partial charge in [-0.2, -0.15) is 12.7 Å². The molecule has 1 aromatic carbocycles. The first-order valence-corrected chi connectivity index (χ1v) is 7.34. The summed E-state index contributed by atoms with van der Waals surface area (Å²) in [6.07, 6.45) is -1.07. The second-order valence-electron chi connectivity index (χ2n) is 4.29. The SMILES string of the molecule is O=C(O)N1CCN(S(=O)(=O)Nc2cccc(F)c2)CC1. The molecule has 0 bridgehead atoms. The van der Waals surface area contributed by atoms with Crippen molar-refractivity contribution >= 4 is 22.0 Å². The van der Waals surface area contributed by atoms with Crippen molar-refractivity contribution in [1.29, 1.82) is 0 Å². The van der Waals surface area contributed by atoms with Crippen LogP contribution >= 0.6 is 0 Å². The Morgan fingerprint density at radius 2 is 1.90 bits per heavy atom. The molecular weight excluding hydrogens is 289 g/mol. The zero-order valence-corrected chi connectivity index (χ0v) is 11.3. The quantitative estimate of drug-likeness (QED) is 0.863. The maximum absolute atomic E-state index is 13.0. The fourth-order valence-electron chi connectivity index (χ4n) is 1.89. The summed E-state index contributed by atoms with van der Waals surface area (Å²) < 4.78 is 40.5. The molecule has 0 aromatic heterocycles. The van der Waals surface area contributed by atoms with Gasteiger partial charge in [-0.1, -0.05) is 6.07 Å². The van der Waals surface area contributed by atoms with Crippen LogP contribution in [0.4, 0.5) is 14.9 Å². The summed E-state index contributed by atoms with van der Waals surface area (Å²) in [5, 5.41) is 8.79. The number of halogens is 1. The molecule has 2 N–H and O–H groups in total. The normalized spacial score (nSPS) is 16.9. The molecule has 0 spiro atoms. The second kappa shape index (κ2) is 5.63. The van der Waals surface area contributed by atoms with Gasteiger partial charge >= 0.3 is 16.3 Å². The number of benzene rings is 1. The Bertz CT molecular complexity index is 599. The first-order valence-electron chi connectivity index (χ1n) is 5.90. The van der Waals surface area contributed by atoms with Crippen LogP contribution < -0.4 is 4.72 Å². The topological polar surface area (TPSA) is 90.0 Å². The van der Waals surface area contributed by atoms with Gasteiger partial charge in [-0.15, -0.1) is 0 Å². The lowest BCUT2D eigenvalue weighted by Crippen LogP contribution is -2.51. The standard InChI is InChI=1S/C11H14FN3O4S/c12-9-2-1-3-10(8-9)13-20(18,19)15-6-4-14(5-7-15)11(16)17/h1-3,8,13H,4-7H2,(H,16,17). The van der Waals surface area contributed by atoms with E-state index >= 15 is 0 Å². The van der Waals surface area contributed by atoms with Crippen molar-refractivity contribution in [2.75, 3.05) is 30.9 Å². The molecule has 1 heterocycles. The molecule has 1 fully saturated rings. The van der Waals surface area contributed by atoms with Gasteiger partial charge < -0.3 is 10.0 Å². The molecule has 0 atom stereocenters. The van der Waals surface area contributed by atoms with Gasteiger partial charge in [0.15, 0.2) is 0 Å². The number of piperazine rings is 1. The van der Waals surface area contributed by atoms with Crippen molar-refractivity contribution in [3.63, 3.8) is 0 Å². The van der Waals surface area contributed by atoms with Crippen LogP contribution in [0.1, 0.15) is 0 Å². The average molecular weight is 303 g/mol. The maximum Gasteiger partial charge on any atom is 0.407 e. The smallest absolute Gasteiger partial charge is 0.407 e. The molecule has 0 radical (unpaired) electrons. The van der Waals surface area contributed by atoms with Gasteiger partial charge in [-0.25, -0.2) is 9.18 Å². The highest BCUT2D eigenvalue weighted by atomic mass is 32.2. The van der Waals surface area contributed by atoms with Crippen LogP contribution in [0.3, 0.4) is 0 Å². The fraction of sp³-hybridized carbons (Fsp3) is 0.364. The molecule has 1 aliphatic rings. The number of nitrogens with zero attached hydrogens (tertiary/aromatic N) is 2. The highest BCUT2D eigenvalue weighted by Crippen LogP contribution is 2.14. The second-order valence-corrected chi connectivity index (χ2v) is 5.96. The van der Waals surface area contributed by atoms with Gasteiger partial charge in [0.1, 0.15) is 5.82 Å². The van der Waals surface area contributed by atoms with Crippen molar-refractivity contribution in [3.8, 4) is 0 Å². The van der Waals surface area contributed by atoms with Crippen molar-refractivity contribution in [2.24, 2.45) is 0 Å². The van der Waals surface area contributed by atoms with Gasteiger partial charge in [0, 0.05) is 26.2 Å². The molecule has 20 heavy (non-hydrogen) atoms. The summed E-state index contributed by atoms with van der Waals surface area (Å²) in [4.78, 5) is 11.9. The molecule has 0 unspecified atom stereocenters. The van der Waals surface area contributed by atoms with E-state index in [2.05, 4.69) is 4.72 Å². The van der Waals surface area contributed by atoms with E-state index in [1.165, 1.54) is 18.2 Å². The third kappa shape index (κ3) is 3.36. The molecule has 0 aliphatic carbocycles. The summed E-state index contributed by atoms with van der Waals surface area (Å²) in [6, 6.07) is 5.12. The van der Waals surface area contributed by atoms with E-state index < -0.39 is 22.1 Å². The monoisotopic (exact) mass is 303 g/mol. The Balaban J connectivity index is 2.03. The fourth-order valence-corrected chi connectivity index (χ4v) is 3.08. The first-order chi connectivity index (χ1) is 9.38. The number of anilines is 1. The lowest BCUT2D eigenvalue weighted by molar-refractivity contribution is 0.126. The van der Waals surface area contributed by atoms with Gasteiger partial charge in [0.25, 0.3) is 0 Å². The molecule has 1 aliphatic heterocycles. The minimum atomic E-state index is -3.81. The van der Waals surface area contributed by atoms with Crippen LogP contribution in [0.2, 0.25) is 0 Å². The number of nitrogens with one attached hydrogen (secondary N) is 1. The summed E-state index contributed by atoms with van der Waals surface area (Å²) >= 11 is 0.